The third-order valence-electron chi connectivity index (χ3n) is 2.91. The molecule has 0 spiro atoms. The Kier molecular flexibility index (Phi) is 2.68. The van der Waals surface area contributed by atoms with E-state index in [4.69, 9.17) is 5.73 Å². The zero-order valence-electron chi connectivity index (χ0n) is 9.41. The van der Waals surface area contributed by atoms with Crippen LogP contribution in [0.3, 0.4) is 0 Å². The number of nitrogens with two attached hydrogens (primary N) is 1. The van der Waals surface area contributed by atoms with Crippen LogP contribution in [0.25, 0.3) is 0 Å². The van der Waals surface area contributed by atoms with Crippen molar-refractivity contribution in [3.05, 3.63) is 35.3 Å². The van der Waals surface area contributed by atoms with Gasteiger partial charge in [0, 0.05) is 18.3 Å². The first-order valence-electron chi connectivity index (χ1n) is 5.70. The summed E-state index contributed by atoms with van der Waals surface area (Å²) in [6.45, 7) is 0.889. The van der Waals surface area contributed by atoms with Crippen LogP contribution in [0.4, 0.5) is 10.8 Å². The molecule has 0 amide bonds. The van der Waals surface area contributed by atoms with Gasteiger partial charge in [-0.2, -0.15) is 0 Å². The van der Waals surface area contributed by atoms with Gasteiger partial charge in [-0.05, 0) is 30.5 Å². The molecule has 1 aliphatic carbocycles. The maximum Gasteiger partial charge on any atom is 0.208 e. The second-order valence-electron chi connectivity index (χ2n) is 4.32. The number of hydrogen-bond donors (Lipinski definition) is 1. The molecule has 1 aliphatic rings. The van der Waals surface area contributed by atoms with Gasteiger partial charge >= 0.3 is 0 Å². The van der Waals surface area contributed by atoms with E-state index in [1.807, 2.05) is 12.1 Å². The van der Waals surface area contributed by atoms with Gasteiger partial charge < -0.3 is 10.6 Å². The maximum atomic E-state index is 5.69. The molecule has 0 bridgehead atoms. The van der Waals surface area contributed by atoms with Gasteiger partial charge in [0.1, 0.15) is 5.51 Å². The molecule has 0 saturated heterocycles. The SMILES string of the molecule is Nc1ccc(CN(c2nncs2)C2CC2)cc1. The van der Waals surface area contributed by atoms with Crippen molar-refractivity contribution >= 4 is 22.2 Å². The summed E-state index contributed by atoms with van der Waals surface area (Å²) >= 11 is 1.60. The van der Waals surface area contributed by atoms with Crippen LogP contribution in [0.15, 0.2) is 29.8 Å². The van der Waals surface area contributed by atoms with E-state index in [0.29, 0.717) is 6.04 Å². The molecule has 2 N–H and O–H groups in total. The molecule has 5 heteroatoms. The largest absolute Gasteiger partial charge is 0.399 e. The number of nitrogen functional groups attached to an aromatic ring is 1. The van der Waals surface area contributed by atoms with Gasteiger partial charge in [0.15, 0.2) is 0 Å². The predicted octanol–water partition coefficient (Wildman–Crippen LogP) is 2.29. The predicted molar refractivity (Wildman–Crippen MR) is 70.0 cm³/mol. The third kappa shape index (κ3) is 2.39. The summed E-state index contributed by atoms with van der Waals surface area (Å²) in [4.78, 5) is 2.34. The average Bonchev–Trinajstić information content (AvgIpc) is 3.03. The standard InChI is InChI=1S/C12H14N4S/c13-10-3-1-9(2-4-10)7-16(11-5-6-11)12-15-14-8-17-12/h1-4,8,11H,5-7,13H2. The highest BCUT2D eigenvalue weighted by Crippen LogP contribution is 2.33. The first-order valence-corrected chi connectivity index (χ1v) is 6.58. The van der Waals surface area contributed by atoms with Crippen molar-refractivity contribution in [2.45, 2.75) is 25.4 Å². The lowest BCUT2D eigenvalue weighted by Crippen LogP contribution is -2.24. The van der Waals surface area contributed by atoms with E-state index < -0.39 is 0 Å². The van der Waals surface area contributed by atoms with Gasteiger partial charge in [0.25, 0.3) is 0 Å². The number of benzene rings is 1. The highest BCUT2D eigenvalue weighted by Gasteiger charge is 2.30. The molecule has 0 aliphatic heterocycles. The second kappa shape index (κ2) is 4.33. The van der Waals surface area contributed by atoms with E-state index in [2.05, 4.69) is 27.2 Å². The van der Waals surface area contributed by atoms with Gasteiger partial charge in [-0.1, -0.05) is 23.5 Å². The fourth-order valence-electron chi connectivity index (χ4n) is 1.85. The second-order valence-corrected chi connectivity index (χ2v) is 5.13. The van der Waals surface area contributed by atoms with Gasteiger partial charge in [0.05, 0.1) is 0 Å². The van der Waals surface area contributed by atoms with Crippen molar-refractivity contribution in [3.63, 3.8) is 0 Å². The minimum absolute atomic E-state index is 0.639. The van der Waals surface area contributed by atoms with Crippen LogP contribution in [0, 0.1) is 0 Å². The highest BCUT2D eigenvalue weighted by atomic mass is 32.1. The van der Waals surface area contributed by atoms with Crippen LogP contribution in [0.5, 0.6) is 0 Å². The van der Waals surface area contributed by atoms with E-state index in [0.717, 1.165) is 17.4 Å². The number of hydrogen-bond acceptors (Lipinski definition) is 5. The van der Waals surface area contributed by atoms with Crippen LogP contribution in [-0.4, -0.2) is 16.2 Å². The van der Waals surface area contributed by atoms with Gasteiger partial charge in [-0.15, -0.1) is 10.2 Å². The van der Waals surface area contributed by atoms with Crippen molar-refractivity contribution in [2.24, 2.45) is 0 Å². The minimum Gasteiger partial charge on any atom is -0.399 e. The Bertz CT molecular complexity index is 476. The average molecular weight is 246 g/mol. The van der Waals surface area contributed by atoms with Crippen LogP contribution in [0.1, 0.15) is 18.4 Å². The molecule has 0 radical (unpaired) electrons. The Labute approximate surface area is 104 Å². The summed E-state index contributed by atoms with van der Waals surface area (Å²) in [6, 6.07) is 8.68. The fraction of sp³-hybridized carbons (Fsp3) is 0.333. The van der Waals surface area contributed by atoms with Crippen molar-refractivity contribution < 1.29 is 0 Å². The molecule has 3 rings (SSSR count). The number of anilines is 2. The van der Waals surface area contributed by atoms with Gasteiger partial charge in [-0.3, -0.25) is 0 Å². The van der Waals surface area contributed by atoms with Crippen LogP contribution >= 0.6 is 11.3 Å². The summed E-state index contributed by atoms with van der Waals surface area (Å²) in [5.74, 6) is 0. The Hall–Kier alpha value is -1.62. The first kappa shape index (κ1) is 10.5. The molecule has 1 heterocycles. The Balaban J connectivity index is 1.79. The van der Waals surface area contributed by atoms with Crippen LogP contribution in [0.2, 0.25) is 0 Å². The van der Waals surface area contributed by atoms with Crippen LogP contribution < -0.4 is 10.6 Å². The number of rotatable bonds is 4. The highest BCUT2D eigenvalue weighted by molar-refractivity contribution is 7.13. The molecule has 0 unspecified atom stereocenters. The number of aromatic nitrogens is 2. The summed E-state index contributed by atoms with van der Waals surface area (Å²) in [5, 5.41) is 9.10. The van der Waals surface area contributed by atoms with E-state index in [9.17, 15) is 0 Å². The molecular formula is C12H14N4S. The molecule has 2 aromatic rings. The smallest absolute Gasteiger partial charge is 0.208 e. The quantitative estimate of drug-likeness (QED) is 0.841. The van der Waals surface area contributed by atoms with E-state index in [-0.39, 0.29) is 0 Å². The molecule has 1 saturated carbocycles. The maximum absolute atomic E-state index is 5.69. The monoisotopic (exact) mass is 246 g/mol. The van der Waals surface area contributed by atoms with Crippen molar-refractivity contribution in [2.75, 3.05) is 10.6 Å². The fourth-order valence-corrected chi connectivity index (χ4v) is 2.48. The topological polar surface area (TPSA) is 55.0 Å². The summed E-state index contributed by atoms with van der Waals surface area (Å²) in [7, 11) is 0. The normalized spacial score (nSPS) is 14.8. The summed E-state index contributed by atoms with van der Waals surface area (Å²) < 4.78 is 0. The van der Waals surface area contributed by atoms with Crippen molar-refractivity contribution in [1.82, 2.24) is 10.2 Å². The van der Waals surface area contributed by atoms with Crippen LogP contribution in [-0.2, 0) is 6.54 Å². The van der Waals surface area contributed by atoms with Gasteiger partial charge in [0.2, 0.25) is 5.13 Å². The van der Waals surface area contributed by atoms with Crippen molar-refractivity contribution in [3.8, 4) is 0 Å². The Morgan fingerprint density at radius 2 is 2.06 bits per heavy atom. The molecule has 1 aromatic heterocycles. The lowest BCUT2D eigenvalue weighted by atomic mass is 10.2. The minimum atomic E-state index is 0.639. The zero-order chi connectivity index (χ0) is 11.7. The molecule has 0 atom stereocenters. The molecule has 17 heavy (non-hydrogen) atoms. The van der Waals surface area contributed by atoms with Crippen molar-refractivity contribution in [1.29, 1.82) is 0 Å². The first-order chi connectivity index (χ1) is 8.33. The molecule has 1 aromatic carbocycles. The lowest BCUT2D eigenvalue weighted by molar-refractivity contribution is 0.781. The molecular weight excluding hydrogens is 232 g/mol. The van der Waals surface area contributed by atoms with E-state index in [1.54, 1.807) is 16.8 Å². The summed E-state index contributed by atoms with van der Waals surface area (Å²) in [5.41, 5.74) is 9.55. The van der Waals surface area contributed by atoms with E-state index >= 15 is 0 Å². The number of nitrogens with zero attached hydrogens (tertiary/aromatic N) is 3. The lowest BCUT2D eigenvalue weighted by Gasteiger charge is -2.20. The summed E-state index contributed by atoms with van der Waals surface area (Å²) in [6.07, 6.45) is 2.52. The molecule has 1 fully saturated rings. The Morgan fingerprint density at radius 1 is 1.29 bits per heavy atom. The van der Waals surface area contributed by atoms with E-state index in [1.165, 1.54) is 18.4 Å². The zero-order valence-corrected chi connectivity index (χ0v) is 10.2. The molecule has 88 valence electrons. The Morgan fingerprint density at radius 3 is 2.65 bits per heavy atom. The molecule has 4 nitrogen and oxygen atoms in total. The third-order valence-corrected chi connectivity index (χ3v) is 3.64. The van der Waals surface area contributed by atoms with Gasteiger partial charge in [-0.25, -0.2) is 0 Å².